The second-order valence-corrected chi connectivity index (χ2v) is 14.7. The average Bonchev–Trinajstić information content (AvgIpc) is 3.33. The van der Waals surface area contributed by atoms with Gasteiger partial charge in [0.1, 0.15) is 17.4 Å². The average molecular weight is 752 g/mol. The number of aryl methyl sites for hydroxylation is 1. The minimum absolute atomic E-state index is 0.0393. The summed E-state index contributed by atoms with van der Waals surface area (Å²) < 4.78 is 44.8. The van der Waals surface area contributed by atoms with Gasteiger partial charge in [0.2, 0.25) is 5.95 Å². The van der Waals surface area contributed by atoms with Gasteiger partial charge in [-0.05, 0) is 64.3 Å². The molecular formula is C38H47F2N7O7. The first kappa shape index (κ1) is 39.7. The van der Waals surface area contributed by atoms with Gasteiger partial charge in [0.15, 0.2) is 6.61 Å². The molecule has 4 aromatic rings. The van der Waals surface area contributed by atoms with Crippen molar-refractivity contribution < 1.29 is 37.4 Å². The number of halogens is 2. The number of alkyl halides is 2. The molecule has 2 atom stereocenters. The quantitative estimate of drug-likeness (QED) is 0.210. The summed E-state index contributed by atoms with van der Waals surface area (Å²) in [5, 5.41) is 3.00. The summed E-state index contributed by atoms with van der Waals surface area (Å²) in [6.07, 6.45) is 2.62. The summed E-state index contributed by atoms with van der Waals surface area (Å²) in [7, 11) is 1.62. The number of carbonyl (C=O) groups is 3. The second-order valence-electron chi connectivity index (χ2n) is 14.7. The zero-order valence-electron chi connectivity index (χ0n) is 31.8. The van der Waals surface area contributed by atoms with Gasteiger partial charge >= 0.3 is 18.7 Å². The maximum absolute atomic E-state index is 13.1. The molecule has 5 rings (SSSR count). The third kappa shape index (κ3) is 9.33. The Kier molecular flexibility index (Phi) is 11.9. The van der Waals surface area contributed by atoms with Crippen LogP contribution < -0.4 is 20.5 Å². The lowest BCUT2D eigenvalue weighted by atomic mass is 10.1. The number of piperazine rings is 1. The maximum Gasteiger partial charge on any atom is 0.408 e. The third-order valence-electron chi connectivity index (χ3n) is 9.05. The van der Waals surface area contributed by atoms with Crippen molar-refractivity contribution in [2.45, 2.75) is 79.3 Å². The fourth-order valence-corrected chi connectivity index (χ4v) is 6.33. The van der Waals surface area contributed by atoms with Crippen molar-refractivity contribution in [3.05, 3.63) is 70.3 Å². The number of carbonyl (C=O) groups excluding carboxylic acids is 3. The number of rotatable bonds is 11. The minimum atomic E-state index is -2.99. The van der Waals surface area contributed by atoms with Crippen molar-refractivity contribution in [3.8, 4) is 16.9 Å². The Labute approximate surface area is 312 Å². The van der Waals surface area contributed by atoms with Crippen LogP contribution in [0.1, 0.15) is 52.7 Å². The Morgan fingerprint density at radius 2 is 1.72 bits per heavy atom. The van der Waals surface area contributed by atoms with Crippen molar-refractivity contribution in [2.75, 3.05) is 31.1 Å². The van der Waals surface area contributed by atoms with Gasteiger partial charge in [-0.2, -0.15) is 8.78 Å². The minimum Gasteiger partial charge on any atom is -0.454 e. The molecule has 0 radical (unpaired) electrons. The van der Waals surface area contributed by atoms with E-state index >= 15 is 0 Å². The number of hydrogen-bond donors (Lipinski definition) is 1. The molecule has 1 saturated heterocycles. The summed E-state index contributed by atoms with van der Waals surface area (Å²) in [6, 6.07) is 9.09. The van der Waals surface area contributed by atoms with Crippen LogP contribution in [0, 0.1) is 12.8 Å². The number of esters is 1. The molecule has 2 amide bonds. The van der Waals surface area contributed by atoms with Crippen LogP contribution in [0.2, 0.25) is 0 Å². The number of nitrogens with one attached hydrogen (secondary N) is 1. The number of hydrogen-bond acceptors (Lipinski definition) is 10. The molecule has 0 spiro atoms. The topological polar surface area (TPSA) is 150 Å². The SMILES string of the molecule is Cc1ccc(OC(F)F)c(Cn2c3cc(-c4cnc(N5CCN(C(=O)COC(=O)[C@@H](NC(=O)OC(C)(C)C)C(C)C)[C@H](C)C5)nc4)ccc3c(=O)n2C)c1. The van der Waals surface area contributed by atoms with Crippen LogP contribution in [-0.2, 0) is 32.7 Å². The zero-order valence-corrected chi connectivity index (χ0v) is 31.8. The van der Waals surface area contributed by atoms with Gasteiger partial charge in [0, 0.05) is 56.2 Å². The Morgan fingerprint density at radius 3 is 2.35 bits per heavy atom. The van der Waals surface area contributed by atoms with E-state index in [9.17, 15) is 28.0 Å². The monoisotopic (exact) mass is 751 g/mol. The van der Waals surface area contributed by atoms with Crippen molar-refractivity contribution in [1.82, 2.24) is 29.5 Å². The highest BCUT2D eigenvalue weighted by atomic mass is 19.3. The zero-order chi connectivity index (χ0) is 39.5. The Balaban J connectivity index is 1.23. The first-order chi connectivity index (χ1) is 25.4. The van der Waals surface area contributed by atoms with Gasteiger partial charge in [-0.15, -0.1) is 0 Å². The van der Waals surface area contributed by atoms with Crippen LogP contribution in [0.4, 0.5) is 19.5 Å². The van der Waals surface area contributed by atoms with E-state index in [-0.39, 0.29) is 35.7 Å². The van der Waals surface area contributed by atoms with Crippen molar-refractivity contribution in [1.29, 1.82) is 0 Å². The van der Waals surface area contributed by atoms with E-state index in [0.29, 0.717) is 47.6 Å². The van der Waals surface area contributed by atoms with E-state index in [2.05, 4.69) is 15.3 Å². The van der Waals surface area contributed by atoms with Crippen LogP contribution in [0.25, 0.3) is 22.0 Å². The molecule has 1 fully saturated rings. The molecule has 14 nitrogen and oxygen atoms in total. The van der Waals surface area contributed by atoms with Crippen LogP contribution >= 0.6 is 0 Å². The molecule has 16 heteroatoms. The molecule has 0 saturated carbocycles. The third-order valence-corrected chi connectivity index (χ3v) is 9.05. The number of amides is 2. The van der Waals surface area contributed by atoms with Crippen molar-refractivity contribution in [3.63, 3.8) is 0 Å². The molecule has 54 heavy (non-hydrogen) atoms. The highest BCUT2D eigenvalue weighted by Crippen LogP contribution is 2.28. The van der Waals surface area contributed by atoms with Crippen molar-refractivity contribution >= 4 is 34.8 Å². The summed E-state index contributed by atoms with van der Waals surface area (Å²) in [6.45, 7) is 10.3. The molecule has 290 valence electrons. The molecule has 0 aliphatic carbocycles. The van der Waals surface area contributed by atoms with Gasteiger partial charge in [-0.3, -0.25) is 19.0 Å². The lowest BCUT2D eigenvalue weighted by molar-refractivity contribution is -0.155. The number of aromatic nitrogens is 4. The summed E-state index contributed by atoms with van der Waals surface area (Å²) in [5.74, 6) is -0.870. The Bertz CT molecular complexity index is 2060. The van der Waals surface area contributed by atoms with Crippen LogP contribution in [0.15, 0.2) is 53.6 Å². The molecule has 1 aliphatic rings. The normalized spacial score (nSPS) is 15.4. The van der Waals surface area contributed by atoms with Gasteiger partial charge in [-0.1, -0.05) is 37.6 Å². The molecule has 1 aliphatic heterocycles. The van der Waals surface area contributed by atoms with Gasteiger partial charge in [0.25, 0.3) is 11.5 Å². The molecular weight excluding hydrogens is 704 g/mol. The highest BCUT2D eigenvalue weighted by molar-refractivity contribution is 5.86. The summed E-state index contributed by atoms with van der Waals surface area (Å²) in [4.78, 5) is 64.1. The van der Waals surface area contributed by atoms with E-state index in [1.54, 1.807) is 87.9 Å². The van der Waals surface area contributed by atoms with E-state index < -0.39 is 36.9 Å². The molecule has 3 heterocycles. The van der Waals surface area contributed by atoms with Gasteiger partial charge in [-0.25, -0.2) is 19.6 Å². The Hall–Kier alpha value is -5.54. The van der Waals surface area contributed by atoms with Crippen molar-refractivity contribution in [2.24, 2.45) is 13.0 Å². The number of ether oxygens (including phenoxy) is 3. The van der Waals surface area contributed by atoms with E-state index in [4.69, 9.17) is 14.2 Å². The first-order valence-electron chi connectivity index (χ1n) is 17.7. The summed E-state index contributed by atoms with van der Waals surface area (Å²) in [5.41, 5.74) is 2.45. The Morgan fingerprint density at radius 1 is 1.02 bits per heavy atom. The highest BCUT2D eigenvalue weighted by Gasteiger charge is 2.32. The number of anilines is 1. The fraction of sp³-hybridized carbons (Fsp3) is 0.474. The lowest BCUT2D eigenvalue weighted by Crippen LogP contribution is -2.55. The number of fused-ring (bicyclic) bond motifs is 1. The van der Waals surface area contributed by atoms with E-state index in [1.165, 1.54) is 10.7 Å². The van der Waals surface area contributed by atoms with Crippen LogP contribution in [-0.4, -0.2) is 92.7 Å². The largest absolute Gasteiger partial charge is 0.454 e. The molecule has 0 unspecified atom stereocenters. The van der Waals surface area contributed by atoms with Gasteiger partial charge < -0.3 is 29.3 Å². The molecule has 2 aromatic carbocycles. The standard InChI is InChI=1S/C38H47F2N7O7/c1-22(2)32(43-37(51)54-38(5,6)7)34(50)52-21-31(48)46-14-13-45(19-24(46)4)36-41-17-27(18-42-36)25-10-11-28-29(16-25)47(44(8)33(28)49)20-26-15-23(3)9-12-30(26)53-35(39)40/h9-12,15-18,22,24,32,35H,13-14,19-21H2,1-8H3,(H,43,51)/t24-,32+/m1/s1. The smallest absolute Gasteiger partial charge is 0.408 e. The number of nitrogens with zero attached hydrogens (tertiary/aromatic N) is 6. The second kappa shape index (κ2) is 16.2. The molecule has 1 N–H and O–H groups in total. The molecule has 0 bridgehead atoms. The summed E-state index contributed by atoms with van der Waals surface area (Å²) >= 11 is 0. The predicted molar refractivity (Wildman–Crippen MR) is 197 cm³/mol. The fourth-order valence-electron chi connectivity index (χ4n) is 6.33. The number of benzene rings is 2. The number of alkyl carbamates (subject to hydrolysis) is 1. The van der Waals surface area contributed by atoms with E-state index in [1.807, 2.05) is 24.8 Å². The maximum atomic E-state index is 13.1. The lowest BCUT2D eigenvalue weighted by Gasteiger charge is -2.39. The first-order valence-corrected chi connectivity index (χ1v) is 17.7. The molecule has 2 aromatic heterocycles. The van der Waals surface area contributed by atoms with Crippen LogP contribution in [0.5, 0.6) is 5.75 Å². The van der Waals surface area contributed by atoms with E-state index in [0.717, 1.165) is 11.1 Å². The van der Waals surface area contributed by atoms with Gasteiger partial charge in [0.05, 0.1) is 17.4 Å². The van der Waals surface area contributed by atoms with Crippen LogP contribution in [0.3, 0.4) is 0 Å². The predicted octanol–water partition coefficient (Wildman–Crippen LogP) is 4.88.